The summed E-state index contributed by atoms with van der Waals surface area (Å²) in [5.41, 5.74) is 5.96. The normalized spacial score (nSPS) is 10.1. The number of phenolic OH excluding ortho intramolecular Hbond substituents is 1. The summed E-state index contributed by atoms with van der Waals surface area (Å²) in [5, 5.41) is 9.95. The molecule has 4 nitrogen and oxygen atoms in total. The van der Waals surface area contributed by atoms with Crippen LogP contribution in [0.5, 0.6) is 11.5 Å². The van der Waals surface area contributed by atoms with E-state index in [1.54, 1.807) is 42.5 Å². The van der Waals surface area contributed by atoms with Gasteiger partial charge >= 0.3 is 0 Å². The van der Waals surface area contributed by atoms with Crippen molar-refractivity contribution in [3.8, 4) is 11.5 Å². The number of aromatic hydroxyl groups is 1. The van der Waals surface area contributed by atoms with Crippen LogP contribution in [0.25, 0.3) is 0 Å². The predicted molar refractivity (Wildman–Crippen MR) is 67.7 cm³/mol. The highest BCUT2D eigenvalue weighted by Crippen LogP contribution is 2.31. The van der Waals surface area contributed by atoms with Crippen molar-refractivity contribution in [2.45, 2.75) is 0 Å². The zero-order valence-electron chi connectivity index (χ0n) is 9.67. The summed E-state index contributed by atoms with van der Waals surface area (Å²) in [7, 11) is 0. The molecule has 0 atom stereocenters. The SMILES string of the molecule is NCOc1cccc(C(=O)c2ccccc2)c1O. The molecule has 0 aromatic heterocycles. The molecule has 0 bridgehead atoms. The van der Waals surface area contributed by atoms with Gasteiger partial charge in [0.1, 0.15) is 6.73 Å². The Labute approximate surface area is 105 Å². The van der Waals surface area contributed by atoms with Crippen LogP contribution in [0.2, 0.25) is 0 Å². The molecular formula is C14H13NO3. The summed E-state index contributed by atoms with van der Waals surface area (Å²) in [4.78, 5) is 12.2. The van der Waals surface area contributed by atoms with E-state index >= 15 is 0 Å². The fourth-order valence-corrected chi connectivity index (χ4v) is 1.66. The molecule has 2 aromatic rings. The minimum absolute atomic E-state index is 0.0590. The van der Waals surface area contributed by atoms with Gasteiger partial charge in [-0.25, -0.2) is 0 Å². The van der Waals surface area contributed by atoms with Crippen LogP contribution in [-0.2, 0) is 0 Å². The maximum atomic E-state index is 12.2. The summed E-state index contributed by atoms with van der Waals surface area (Å²) in [6.07, 6.45) is 0. The van der Waals surface area contributed by atoms with Crippen molar-refractivity contribution >= 4 is 5.78 Å². The first-order valence-electron chi connectivity index (χ1n) is 5.48. The molecule has 0 unspecified atom stereocenters. The molecule has 18 heavy (non-hydrogen) atoms. The number of para-hydroxylation sites is 1. The standard InChI is InChI=1S/C14H13NO3/c15-9-18-12-8-4-7-11(14(12)17)13(16)10-5-2-1-3-6-10/h1-8,17H,9,15H2. The van der Waals surface area contributed by atoms with Crippen molar-refractivity contribution in [3.05, 3.63) is 59.7 Å². The number of carbonyl (C=O) groups is 1. The molecule has 3 N–H and O–H groups in total. The van der Waals surface area contributed by atoms with Crippen LogP contribution in [0.15, 0.2) is 48.5 Å². The smallest absolute Gasteiger partial charge is 0.196 e. The fourth-order valence-electron chi connectivity index (χ4n) is 1.66. The zero-order chi connectivity index (χ0) is 13.0. The van der Waals surface area contributed by atoms with Crippen molar-refractivity contribution in [1.29, 1.82) is 0 Å². The van der Waals surface area contributed by atoms with E-state index in [1.165, 1.54) is 0 Å². The van der Waals surface area contributed by atoms with Crippen LogP contribution in [0.4, 0.5) is 0 Å². The lowest BCUT2D eigenvalue weighted by atomic mass is 10.0. The van der Waals surface area contributed by atoms with Crippen molar-refractivity contribution in [3.63, 3.8) is 0 Å². The van der Waals surface area contributed by atoms with Crippen molar-refractivity contribution in [1.82, 2.24) is 0 Å². The van der Waals surface area contributed by atoms with Crippen LogP contribution in [0.1, 0.15) is 15.9 Å². The molecule has 4 heteroatoms. The van der Waals surface area contributed by atoms with Gasteiger partial charge in [-0.05, 0) is 12.1 Å². The summed E-state index contributed by atoms with van der Waals surface area (Å²) >= 11 is 0. The fraction of sp³-hybridized carbons (Fsp3) is 0.0714. The molecule has 0 saturated heterocycles. The third-order valence-corrected chi connectivity index (χ3v) is 2.52. The molecule has 92 valence electrons. The molecule has 0 aliphatic rings. The monoisotopic (exact) mass is 243 g/mol. The Hall–Kier alpha value is -2.33. The lowest BCUT2D eigenvalue weighted by molar-refractivity contribution is 0.103. The maximum Gasteiger partial charge on any atom is 0.196 e. The van der Waals surface area contributed by atoms with Gasteiger partial charge in [-0.2, -0.15) is 0 Å². The van der Waals surface area contributed by atoms with Gasteiger partial charge < -0.3 is 9.84 Å². The summed E-state index contributed by atoms with van der Waals surface area (Å²) < 4.78 is 5.04. The van der Waals surface area contributed by atoms with Crippen molar-refractivity contribution in [2.75, 3.05) is 6.73 Å². The highest BCUT2D eigenvalue weighted by molar-refractivity contribution is 6.11. The van der Waals surface area contributed by atoms with Gasteiger partial charge in [-0.3, -0.25) is 10.5 Å². The van der Waals surface area contributed by atoms with E-state index in [4.69, 9.17) is 10.5 Å². The molecule has 0 heterocycles. The second kappa shape index (κ2) is 5.33. The number of ether oxygens (including phenoxy) is 1. The van der Waals surface area contributed by atoms with Crippen LogP contribution < -0.4 is 10.5 Å². The Morgan fingerprint density at radius 1 is 1.11 bits per heavy atom. The van der Waals surface area contributed by atoms with E-state index in [1.807, 2.05) is 6.07 Å². The Balaban J connectivity index is 2.40. The minimum Gasteiger partial charge on any atom is -0.504 e. The first kappa shape index (κ1) is 12.1. The van der Waals surface area contributed by atoms with Crippen LogP contribution in [-0.4, -0.2) is 17.6 Å². The number of benzene rings is 2. The number of ketones is 1. The number of rotatable bonds is 4. The molecule has 0 aliphatic carbocycles. The molecule has 0 radical (unpaired) electrons. The van der Waals surface area contributed by atoms with E-state index in [9.17, 15) is 9.90 Å². The summed E-state index contributed by atoms with van der Waals surface area (Å²) in [5.74, 6) is -0.230. The van der Waals surface area contributed by atoms with Gasteiger partial charge in [0.2, 0.25) is 0 Å². The summed E-state index contributed by atoms with van der Waals surface area (Å²) in [6, 6.07) is 13.5. The Kier molecular flexibility index (Phi) is 3.60. The molecule has 0 aliphatic heterocycles. The molecular weight excluding hydrogens is 230 g/mol. The quantitative estimate of drug-likeness (QED) is 0.635. The summed E-state index contributed by atoms with van der Waals surface area (Å²) in [6.45, 7) is -0.0590. The molecule has 2 aromatic carbocycles. The topological polar surface area (TPSA) is 72.5 Å². The van der Waals surface area contributed by atoms with Crippen LogP contribution >= 0.6 is 0 Å². The first-order valence-corrected chi connectivity index (χ1v) is 5.48. The predicted octanol–water partition coefficient (Wildman–Crippen LogP) is 1.92. The van der Waals surface area contributed by atoms with Crippen molar-refractivity contribution in [2.24, 2.45) is 5.73 Å². The number of carbonyl (C=O) groups excluding carboxylic acids is 1. The molecule has 0 amide bonds. The van der Waals surface area contributed by atoms with E-state index in [0.717, 1.165) is 0 Å². The third kappa shape index (κ3) is 2.33. The van der Waals surface area contributed by atoms with Gasteiger partial charge in [-0.15, -0.1) is 0 Å². The van der Waals surface area contributed by atoms with Gasteiger partial charge in [0, 0.05) is 5.56 Å². The highest BCUT2D eigenvalue weighted by Gasteiger charge is 2.16. The van der Waals surface area contributed by atoms with Crippen LogP contribution in [0, 0.1) is 0 Å². The highest BCUT2D eigenvalue weighted by atomic mass is 16.5. The van der Waals surface area contributed by atoms with Gasteiger partial charge in [-0.1, -0.05) is 36.4 Å². The molecule has 2 rings (SSSR count). The molecule has 0 saturated carbocycles. The van der Waals surface area contributed by atoms with Gasteiger partial charge in [0.25, 0.3) is 0 Å². The number of hydrogen-bond donors (Lipinski definition) is 2. The largest absolute Gasteiger partial charge is 0.504 e. The Bertz CT molecular complexity index is 552. The number of nitrogens with two attached hydrogens (primary N) is 1. The average molecular weight is 243 g/mol. The third-order valence-electron chi connectivity index (χ3n) is 2.52. The Morgan fingerprint density at radius 2 is 1.83 bits per heavy atom. The van der Waals surface area contributed by atoms with Gasteiger partial charge in [0.15, 0.2) is 17.3 Å². The van der Waals surface area contributed by atoms with Crippen molar-refractivity contribution < 1.29 is 14.6 Å². The lowest BCUT2D eigenvalue weighted by Crippen LogP contribution is -2.08. The molecule has 0 fully saturated rings. The van der Waals surface area contributed by atoms with E-state index in [0.29, 0.717) is 5.56 Å². The number of hydrogen-bond acceptors (Lipinski definition) is 4. The Morgan fingerprint density at radius 3 is 2.50 bits per heavy atom. The first-order chi connectivity index (χ1) is 8.74. The van der Waals surface area contributed by atoms with E-state index in [2.05, 4.69) is 0 Å². The van der Waals surface area contributed by atoms with E-state index in [-0.39, 0.29) is 29.6 Å². The van der Waals surface area contributed by atoms with E-state index < -0.39 is 0 Å². The average Bonchev–Trinajstić information content (AvgIpc) is 2.42. The van der Waals surface area contributed by atoms with Gasteiger partial charge in [0.05, 0.1) is 5.56 Å². The number of phenols is 1. The maximum absolute atomic E-state index is 12.2. The van der Waals surface area contributed by atoms with Crippen LogP contribution in [0.3, 0.4) is 0 Å². The second-order valence-electron chi connectivity index (χ2n) is 3.66. The lowest BCUT2D eigenvalue weighted by Gasteiger charge is -2.09. The second-order valence-corrected chi connectivity index (χ2v) is 3.66. The zero-order valence-corrected chi connectivity index (χ0v) is 9.67. The minimum atomic E-state index is -0.254. The molecule has 0 spiro atoms.